The van der Waals surface area contributed by atoms with Crippen molar-refractivity contribution in [1.29, 1.82) is 0 Å². The molecule has 0 atom stereocenters. The molecule has 1 aromatic heterocycles. The van der Waals surface area contributed by atoms with E-state index in [1.807, 2.05) is 29.2 Å². The fraction of sp³-hybridized carbons (Fsp3) is 0.455. The molecule has 2 amide bonds. The summed E-state index contributed by atoms with van der Waals surface area (Å²) < 4.78 is 4.93. The zero-order chi connectivity index (χ0) is 19.4. The number of carbonyl (C=O) groups is 2. The first kappa shape index (κ1) is 19.2. The number of nitrogens with one attached hydrogen (secondary N) is 1. The first-order chi connectivity index (χ1) is 12.8. The number of furan rings is 1. The summed E-state index contributed by atoms with van der Waals surface area (Å²) in [5, 5.41) is 2.95. The van der Waals surface area contributed by atoms with Crippen LogP contribution in [0, 0.1) is 5.92 Å². The van der Waals surface area contributed by atoms with Gasteiger partial charge in [0.25, 0.3) is 11.8 Å². The summed E-state index contributed by atoms with van der Waals surface area (Å²) in [5.74, 6) is 0.380. The molecular formula is C22H28N2O3. The van der Waals surface area contributed by atoms with E-state index in [0.717, 1.165) is 31.5 Å². The number of likely N-dealkylation sites (tertiary alicyclic amines) is 1. The smallest absolute Gasteiger partial charge is 0.254 e. The van der Waals surface area contributed by atoms with E-state index >= 15 is 0 Å². The average Bonchev–Trinajstić information content (AvgIpc) is 3.20. The van der Waals surface area contributed by atoms with Gasteiger partial charge in [-0.05, 0) is 47.9 Å². The number of piperidine rings is 1. The van der Waals surface area contributed by atoms with Crippen LogP contribution in [-0.2, 0) is 5.41 Å². The summed E-state index contributed by atoms with van der Waals surface area (Å²) in [4.78, 5) is 26.6. The maximum Gasteiger partial charge on any atom is 0.254 e. The molecule has 1 saturated heterocycles. The van der Waals surface area contributed by atoms with Crippen molar-refractivity contribution in [3.05, 3.63) is 59.5 Å². The highest BCUT2D eigenvalue weighted by Crippen LogP contribution is 2.23. The largest absolute Gasteiger partial charge is 0.472 e. The fourth-order valence-electron chi connectivity index (χ4n) is 3.37. The second kappa shape index (κ2) is 7.99. The normalized spacial score (nSPS) is 15.6. The third-order valence-corrected chi connectivity index (χ3v) is 5.23. The topological polar surface area (TPSA) is 62.6 Å². The SMILES string of the molecule is CC(C)(C)c1ccc(C(=O)N2CCC(CNC(=O)c3ccoc3)CC2)cc1. The van der Waals surface area contributed by atoms with Gasteiger partial charge in [-0.2, -0.15) is 0 Å². The van der Waals surface area contributed by atoms with Gasteiger partial charge in [-0.1, -0.05) is 32.9 Å². The zero-order valence-corrected chi connectivity index (χ0v) is 16.3. The van der Waals surface area contributed by atoms with Crippen LogP contribution in [0.25, 0.3) is 0 Å². The number of hydrogen-bond acceptors (Lipinski definition) is 3. The predicted octanol–water partition coefficient (Wildman–Crippen LogP) is 3.86. The van der Waals surface area contributed by atoms with Crippen LogP contribution in [0.4, 0.5) is 0 Å². The molecule has 0 unspecified atom stereocenters. The zero-order valence-electron chi connectivity index (χ0n) is 16.3. The van der Waals surface area contributed by atoms with E-state index < -0.39 is 0 Å². The molecule has 0 aliphatic carbocycles. The third kappa shape index (κ3) is 4.79. The van der Waals surface area contributed by atoms with Gasteiger partial charge >= 0.3 is 0 Å². The van der Waals surface area contributed by atoms with Crippen LogP contribution in [-0.4, -0.2) is 36.3 Å². The lowest BCUT2D eigenvalue weighted by Gasteiger charge is -2.32. The Morgan fingerprint density at radius 2 is 1.74 bits per heavy atom. The minimum Gasteiger partial charge on any atom is -0.472 e. The van der Waals surface area contributed by atoms with Crippen molar-refractivity contribution in [3.63, 3.8) is 0 Å². The van der Waals surface area contributed by atoms with Gasteiger partial charge in [-0.3, -0.25) is 9.59 Å². The first-order valence-electron chi connectivity index (χ1n) is 9.55. The minimum atomic E-state index is -0.110. The Labute approximate surface area is 160 Å². The number of hydrogen-bond donors (Lipinski definition) is 1. The van der Waals surface area contributed by atoms with Crippen molar-refractivity contribution in [2.24, 2.45) is 5.92 Å². The molecule has 1 aliphatic heterocycles. The van der Waals surface area contributed by atoms with E-state index in [-0.39, 0.29) is 17.2 Å². The van der Waals surface area contributed by atoms with Crippen LogP contribution < -0.4 is 5.32 Å². The number of nitrogens with zero attached hydrogens (tertiary/aromatic N) is 1. The molecule has 1 fully saturated rings. The van der Waals surface area contributed by atoms with E-state index in [2.05, 4.69) is 26.1 Å². The highest BCUT2D eigenvalue weighted by molar-refractivity contribution is 5.94. The molecule has 0 spiro atoms. The Morgan fingerprint density at radius 3 is 2.30 bits per heavy atom. The van der Waals surface area contributed by atoms with Crippen molar-refractivity contribution in [3.8, 4) is 0 Å². The molecule has 2 aromatic rings. The standard InChI is InChI=1S/C22H28N2O3/c1-22(2,3)19-6-4-17(5-7-19)21(26)24-11-8-16(9-12-24)14-23-20(25)18-10-13-27-15-18/h4-7,10,13,15-16H,8-9,11-12,14H2,1-3H3,(H,23,25). The van der Waals surface area contributed by atoms with Gasteiger partial charge in [0.15, 0.2) is 0 Å². The number of carbonyl (C=O) groups excluding carboxylic acids is 2. The first-order valence-corrected chi connectivity index (χ1v) is 9.55. The van der Waals surface area contributed by atoms with Crippen LogP contribution in [0.1, 0.15) is 59.9 Å². The molecule has 5 heteroatoms. The number of amides is 2. The quantitative estimate of drug-likeness (QED) is 0.891. The van der Waals surface area contributed by atoms with Gasteiger partial charge in [0, 0.05) is 25.2 Å². The van der Waals surface area contributed by atoms with E-state index in [1.54, 1.807) is 6.07 Å². The molecule has 1 aromatic carbocycles. The molecule has 5 nitrogen and oxygen atoms in total. The molecule has 0 saturated carbocycles. The Bertz CT molecular complexity index is 765. The highest BCUT2D eigenvalue weighted by atomic mass is 16.3. The van der Waals surface area contributed by atoms with E-state index in [4.69, 9.17) is 4.42 Å². The molecule has 2 heterocycles. The average molecular weight is 368 g/mol. The monoisotopic (exact) mass is 368 g/mol. The van der Waals surface area contributed by atoms with Crippen molar-refractivity contribution >= 4 is 11.8 Å². The van der Waals surface area contributed by atoms with E-state index in [1.165, 1.54) is 18.1 Å². The molecule has 27 heavy (non-hydrogen) atoms. The summed E-state index contributed by atoms with van der Waals surface area (Å²) in [6.07, 6.45) is 4.74. The molecule has 0 radical (unpaired) electrons. The van der Waals surface area contributed by atoms with Gasteiger partial charge in [-0.25, -0.2) is 0 Å². The summed E-state index contributed by atoms with van der Waals surface area (Å²) >= 11 is 0. The minimum absolute atomic E-state index is 0.0841. The Kier molecular flexibility index (Phi) is 5.68. The van der Waals surface area contributed by atoms with E-state index in [9.17, 15) is 9.59 Å². The summed E-state index contributed by atoms with van der Waals surface area (Å²) in [6, 6.07) is 9.61. The van der Waals surface area contributed by atoms with Gasteiger partial charge < -0.3 is 14.6 Å². The molecule has 1 aliphatic rings. The second-order valence-electron chi connectivity index (χ2n) is 8.28. The lowest BCUT2D eigenvalue weighted by molar-refractivity contribution is 0.0684. The lowest BCUT2D eigenvalue weighted by atomic mass is 9.86. The fourth-order valence-corrected chi connectivity index (χ4v) is 3.37. The Balaban J connectivity index is 1.48. The predicted molar refractivity (Wildman–Crippen MR) is 105 cm³/mol. The molecule has 0 bridgehead atoms. The molecular weight excluding hydrogens is 340 g/mol. The Hall–Kier alpha value is -2.56. The highest BCUT2D eigenvalue weighted by Gasteiger charge is 2.24. The second-order valence-corrected chi connectivity index (χ2v) is 8.28. The van der Waals surface area contributed by atoms with E-state index in [0.29, 0.717) is 18.0 Å². The Morgan fingerprint density at radius 1 is 1.07 bits per heavy atom. The van der Waals surface area contributed by atoms with Gasteiger partial charge in [0.2, 0.25) is 0 Å². The van der Waals surface area contributed by atoms with Crippen LogP contribution in [0.3, 0.4) is 0 Å². The number of benzene rings is 1. The molecule has 144 valence electrons. The summed E-state index contributed by atoms with van der Waals surface area (Å²) in [5.41, 5.74) is 2.60. The summed E-state index contributed by atoms with van der Waals surface area (Å²) in [7, 11) is 0. The summed E-state index contributed by atoms with van der Waals surface area (Å²) in [6.45, 7) is 8.59. The maximum absolute atomic E-state index is 12.7. The van der Waals surface area contributed by atoms with Gasteiger partial charge in [0.1, 0.15) is 6.26 Å². The maximum atomic E-state index is 12.7. The molecule has 1 N–H and O–H groups in total. The van der Waals surface area contributed by atoms with Crippen LogP contribution >= 0.6 is 0 Å². The van der Waals surface area contributed by atoms with Crippen LogP contribution in [0.5, 0.6) is 0 Å². The van der Waals surface area contributed by atoms with Gasteiger partial charge in [-0.15, -0.1) is 0 Å². The van der Waals surface area contributed by atoms with Crippen LogP contribution in [0.2, 0.25) is 0 Å². The molecule has 3 rings (SSSR count). The van der Waals surface area contributed by atoms with Crippen molar-refractivity contribution in [2.45, 2.75) is 39.0 Å². The van der Waals surface area contributed by atoms with Crippen molar-refractivity contribution < 1.29 is 14.0 Å². The van der Waals surface area contributed by atoms with Gasteiger partial charge in [0.05, 0.1) is 11.8 Å². The van der Waals surface area contributed by atoms with Crippen molar-refractivity contribution in [2.75, 3.05) is 19.6 Å². The van der Waals surface area contributed by atoms with Crippen LogP contribution in [0.15, 0.2) is 47.3 Å². The van der Waals surface area contributed by atoms with Crippen molar-refractivity contribution in [1.82, 2.24) is 10.2 Å². The number of rotatable bonds is 4. The third-order valence-electron chi connectivity index (χ3n) is 5.23. The lowest BCUT2D eigenvalue weighted by Crippen LogP contribution is -2.41.